The van der Waals surface area contributed by atoms with Crippen LogP contribution in [-0.4, -0.2) is 47.8 Å². The van der Waals surface area contributed by atoms with Gasteiger partial charge in [-0.2, -0.15) is 0 Å². The third kappa shape index (κ3) is 5.50. The zero-order chi connectivity index (χ0) is 17.8. The normalized spacial score (nSPS) is 22.6. The number of hydrogen-bond donors (Lipinski definition) is 3. The van der Waals surface area contributed by atoms with Crippen LogP contribution in [0.1, 0.15) is 31.6 Å². The summed E-state index contributed by atoms with van der Waals surface area (Å²) in [5.41, 5.74) is 0. The second-order valence-electron chi connectivity index (χ2n) is 5.88. The Morgan fingerprint density at radius 2 is 2.04 bits per heavy atom. The van der Waals surface area contributed by atoms with Crippen molar-refractivity contribution < 1.29 is 16.8 Å². The van der Waals surface area contributed by atoms with Crippen LogP contribution in [0.3, 0.4) is 0 Å². The van der Waals surface area contributed by atoms with Gasteiger partial charge in [0.2, 0.25) is 20.0 Å². The van der Waals surface area contributed by atoms with Crippen molar-refractivity contribution in [3.63, 3.8) is 0 Å². The van der Waals surface area contributed by atoms with Crippen LogP contribution in [-0.2, 0) is 26.5 Å². The fourth-order valence-electron chi connectivity index (χ4n) is 2.53. The molecule has 2 heterocycles. The van der Waals surface area contributed by atoms with Crippen molar-refractivity contribution in [1.82, 2.24) is 14.8 Å². The molecule has 0 spiro atoms. The number of sulfonamides is 2. The average molecular weight is 396 g/mol. The van der Waals surface area contributed by atoms with E-state index in [2.05, 4.69) is 14.8 Å². The standard InChI is InChI=1S/C14H25N3O4S3/c1-3-23(18,19)16-10-8-12-6-7-14(22-12)24(20,21)17-13-5-4-9-15-11(13)2/h6-7,11,13,15-17H,3-5,8-10H2,1-2H3. The zero-order valence-corrected chi connectivity index (χ0v) is 16.4. The maximum atomic E-state index is 12.5. The quantitative estimate of drug-likeness (QED) is 0.599. The highest BCUT2D eigenvalue weighted by atomic mass is 32.2. The summed E-state index contributed by atoms with van der Waals surface area (Å²) in [6.07, 6.45) is 2.25. The van der Waals surface area contributed by atoms with Gasteiger partial charge >= 0.3 is 0 Å². The van der Waals surface area contributed by atoms with Crippen molar-refractivity contribution in [1.29, 1.82) is 0 Å². The summed E-state index contributed by atoms with van der Waals surface area (Å²) in [4.78, 5) is 0.837. The van der Waals surface area contributed by atoms with Gasteiger partial charge in [0.1, 0.15) is 4.21 Å². The van der Waals surface area contributed by atoms with Crippen LogP contribution in [0.25, 0.3) is 0 Å². The van der Waals surface area contributed by atoms with Gasteiger partial charge in [-0.1, -0.05) is 0 Å². The van der Waals surface area contributed by atoms with Crippen LogP contribution in [0.5, 0.6) is 0 Å². The van der Waals surface area contributed by atoms with Crippen LogP contribution in [0.4, 0.5) is 0 Å². The largest absolute Gasteiger partial charge is 0.313 e. The molecule has 0 aromatic carbocycles. The first-order valence-corrected chi connectivity index (χ1v) is 12.0. The minimum atomic E-state index is -3.54. The molecule has 7 nitrogen and oxygen atoms in total. The Balaban J connectivity index is 1.95. The van der Waals surface area contributed by atoms with E-state index in [0.717, 1.165) is 24.3 Å². The predicted molar refractivity (Wildman–Crippen MR) is 96.3 cm³/mol. The lowest BCUT2D eigenvalue weighted by atomic mass is 10.0. The highest BCUT2D eigenvalue weighted by molar-refractivity contribution is 7.91. The van der Waals surface area contributed by atoms with E-state index in [4.69, 9.17) is 0 Å². The molecule has 0 amide bonds. The molecule has 10 heteroatoms. The number of nitrogens with one attached hydrogen (secondary N) is 3. The first kappa shape index (κ1) is 19.8. The van der Waals surface area contributed by atoms with Crippen LogP contribution in [0.15, 0.2) is 16.3 Å². The second-order valence-corrected chi connectivity index (χ2v) is 11.1. The van der Waals surface area contributed by atoms with Crippen molar-refractivity contribution in [3.05, 3.63) is 17.0 Å². The molecular formula is C14H25N3O4S3. The summed E-state index contributed by atoms with van der Waals surface area (Å²) in [6.45, 7) is 4.74. The van der Waals surface area contributed by atoms with Crippen LogP contribution < -0.4 is 14.8 Å². The smallest absolute Gasteiger partial charge is 0.250 e. The lowest BCUT2D eigenvalue weighted by Gasteiger charge is -2.30. The summed E-state index contributed by atoms with van der Waals surface area (Å²) >= 11 is 1.18. The highest BCUT2D eigenvalue weighted by Crippen LogP contribution is 2.23. The Morgan fingerprint density at radius 1 is 1.29 bits per heavy atom. The molecule has 0 saturated carbocycles. The number of rotatable bonds is 8. The van der Waals surface area contributed by atoms with Gasteiger partial charge in [-0.25, -0.2) is 26.3 Å². The molecule has 1 aromatic heterocycles. The number of hydrogen-bond acceptors (Lipinski definition) is 6. The van der Waals surface area contributed by atoms with Crippen molar-refractivity contribution in [2.75, 3.05) is 18.8 Å². The van der Waals surface area contributed by atoms with E-state index in [9.17, 15) is 16.8 Å². The summed E-state index contributed by atoms with van der Waals surface area (Å²) in [5.74, 6) is 0.0363. The van der Waals surface area contributed by atoms with Gasteiger partial charge < -0.3 is 5.32 Å². The molecule has 3 N–H and O–H groups in total. The third-order valence-electron chi connectivity index (χ3n) is 4.04. The summed E-state index contributed by atoms with van der Waals surface area (Å²) in [5, 5.41) is 3.27. The van der Waals surface area contributed by atoms with E-state index in [1.165, 1.54) is 11.3 Å². The number of thiophene rings is 1. The minimum absolute atomic E-state index is 0.0363. The summed E-state index contributed by atoms with van der Waals surface area (Å²) in [6, 6.07) is 3.32. The van der Waals surface area contributed by atoms with Gasteiger partial charge in [-0.05, 0) is 51.8 Å². The van der Waals surface area contributed by atoms with Crippen LogP contribution >= 0.6 is 11.3 Å². The molecule has 1 aromatic rings. The van der Waals surface area contributed by atoms with E-state index in [-0.39, 0.29) is 28.6 Å². The van der Waals surface area contributed by atoms with Gasteiger partial charge in [-0.3, -0.25) is 0 Å². The van der Waals surface area contributed by atoms with Gasteiger partial charge in [0.05, 0.1) is 5.75 Å². The molecule has 2 atom stereocenters. The van der Waals surface area contributed by atoms with Gasteiger partial charge in [0, 0.05) is 23.5 Å². The molecule has 1 saturated heterocycles. The van der Waals surface area contributed by atoms with E-state index in [1.54, 1.807) is 19.1 Å². The molecular weight excluding hydrogens is 370 g/mol. The fraction of sp³-hybridized carbons (Fsp3) is 0.714. The van der Waals surface area contributed by atoms with Crippen molar-refractivity contribution >= 4 is 31.4 Å². The minimum Gasteiger partial charge on any atom is -0.313 e. The van der Waals surface area contributed by atoms with Gasteiger partial charge in [-0.15, -0.1) is 11.3 Å². The molecule has 1 aliphatic heterocycles. The van der Waals surface area contributed by atoms with Crippen molar-refractivity contribution in [2.45, 2.75) is 49.4 Å². The summed E-state index contributed by atoms with van der Waals surface area (Å²) < 4.78 is 53.3. The van der Waals surface area contributed by atoms with Gasteiger partial charge in [0.25, 0.3) is 0 Å². The summed E-state index contributed by atoms with van der Waals surface area (Å²) in [7, 11) is -6.76. The molecule has 24 heavy (non-hydrogen) atoms. The van der Waals surface area contributed by atoms with E-state index >= 15 is 0 Å². The molecule has 2 rings (SSSR count). The zero-order valence-electron chi connectivity index (χ0n) is 13.9. The lowest BCUT2D eigenvalue weighted by molar-refractivity contribution is 0.349. The Bertz CT molecular complexity index is 743. The molecule has 1 fully saturated rings. The predicted octanol–water partition coefficient (Wildman–Crippen LogP) is 0.649. The maximum Gasteiger partial charge on any atom is 0.250 e. The topological polar surface area (TPSA) is 104 Å². The average Bonchev–Trinajstić information content (AvgIpc) is 2.99. The Morgan fingerprint density at radius 3 is 2.71 bits per heavy atom. The van der Waals surface area contributed by atoms with Crippen LogP contribution in [0.2, 0.25) is 0 Å². The van der Waals surface area contributed by atoms with Gasteiger partial charge in [0.15, 0.2) is 0 Å². The molecule has 1 aliphatic rings. The first-order valence-electron chi connectivity index (χ1n) is 8.05. The Labute approximate surface area is 148 Å². The van der Waals surface area contributed by atoms with E-state index in [0.29, 0.717) is 6.42 Å². The monoisotopic (exact) mass is 395 g/mol. The molecule has 0 bridgehead atoms. The highest BCUT2D eigenvalue weighted by Gasteiger charge is 2.27. The first-order chi connectivity index (χ1) is 11.2. The lowest BCUT2D eigenvalue weighted by Crippen LogP contribution is -2.51. The molecule has 0 radical (unpaired) electrons. The maximum absolute atomic E-state index is 12.5. The SMILES string of the molecule is CCS(=O)(=O)NCCc1ccc(S(=O)(=O)NC2CCCNC2C)s1. The molecule has 2 unspecified atom stereocenters. The Kier molecular flexibility index (Phi) is 6.80. The Hall–Kier alpha value is -0.520. The second kappa shape index (κ2) is 8.24. The third-order valence-corrected chi connectivity index (χ3v) is 8.57. The molecule has 138 valence electrons. The van der Waals surface area contributed by atoms with E-state index < -0.39 is 20.0 Å². The van der Waals surface area contributed by atoms with Crippen molar-refractivity contribution in [2.24, 2.45) is 0 Å². The fourth-order valence-corrected chi connectivity index (χ4v) is 5.87. The van der Waals surface area contributed by atoms with E-state index in [1.807, 2.05) is 6.92 Å². The number of piperidine rings is 1. The van der Waals surface area contributed by atoms with Crippen molar-refractivity contribution in [3.8, 4) is 0 Å². The van der Waals surface area contributed by atoms with Crippen LogP contribution in [0, 0.1) is 0 Å². The molecule has 0 aliphatic carbocycles.